The highest BCUT2D eigenvalue weighted by Gasteiger charge is 2.24. The summed E-state index contributed by atoms with van der Waals surface area (Å²) in [6, 6.07) is 28.6. The molecule has 1 aliphatic carbocycles. The van der Waals surface area contributed by atoms with Crippen LogP contribution < -0.4 is 0 Å². The number of nitrogens with zero attached hydrogens (tertiary/aromatic N) is 4. The molecular weight excluding hydrogens is 611 g/mol. The Kier molecular flexibility index (Phi) is 16.2. The molecule has 1 fully saturated rings. The van der Waals surface area contributed by atoms with Crippen molar-refractivity contribution in [3.63, 3.8) is 0 Å². The molecule has 13 heteroatoms. The van der Waals surface area contributed by atoms with Crippen molar-refractivity contribution in [3.05, 3.63) is 142 Å². The summed E-state index contributed by atoms with van der Waals surface area (Å²) in [5.41, 5.74) is 3.01. The molecule has 0 bridgehead atoms. The van der Waals surface area contributed by atoms with Crippen LogP contribution in [-0.2, 0) is 0 Å². The molecule has 8 nitrogen and oxygen atoms in total. The Labute approximate surface area is 261 Å². The van der Waals surface area contributed by atoms with E-state index >= 15 is 0 Å². The maximum absolute atomic E-state index is 12.7. The topological polar surface area (TPSA) is 130 Å². The van der Waals surface area contributed by atoms with Crippen LogP contribution in [0.1, 0.15) is 54.4 Å². The Morgan fingerprint density at radius 3 is 1.30 bits per heavy atom. The summed E-state index contributed by atoms with van der Waals surface area (Å²) >= 11 is 0. The Hall–Kier alpha value is -5.59. The van der Waals surface area contributed by atoms with Crippen LogP contribution in [0, 0.1) is 29.1 Å². The SMILES string of the molecule is ON=C(c1ccccc1)c1ccccc1.ON=C1CCCCC1.ON=Cc1c(F)c(F)c(F)c(F)c1F.ON=Cc1ccccc1. The Morgan fingerprint density at radius 2 is 0.935 bits per heavy atom. The fourth-order valence-electron chi connectivity index (χ4n) is 3.93. The lowest BCUT2D eigenvalue weighted by atomic mass is 9.99. The molecular formula is C33H31F5N4O4. The molecule has 242 valence electrons. The first-order valence-corrected chi connectivity index (χ1v) is 13.7. The predicted molar refractivity (Wildman–Crippen MR) is 164 cm³/mol. The molecule has 1 saturated carbocycles. The number of hydrogen-bond donors (Lipinski definition) is 4. The van der Waals surface area contributed by atoms with Gasteiger partial charge in [0.2, 0.25) is 5.82 Å². The van der Waals surface area contributed by atoms with Gasteiger partial charge >= 0.3 is 0 Å². The maximum Gasteiger partial charge on any atom is 0.200 e. The quantitative estimate of drug-likeness (QED) is 0.0445. The van der Waals surface area contributed by atoms with Crippen molar-refractivity contribution in [3.8, 4) is 0 Å². The van der Waals surface area contributed by atoms with E-state index in [1.165, 1.54) is 25.5 Å². The second kappa shape index (κ2) is 20.4. The minimum absolute atomic E-state index is 0.121. The van der Waals surface area contributed by atoms with Gasteiger partial charge in [-0.1, -0.05) is 118 Å². The minimum Gasteiger partial charge on any atom is -0.411 e. The van der Waals surface area contributed by atoms with Gasteiger partial charge in [0.25, 0.3) is 0 Å². The van der Waals surface area contributed by atoms with E-state index in [9.17, 15) is 22.0 Å². The standard InChI is InChI=1S/C13H11NO.C7H2F5NO.C7H7NO.C6H11NO/c15-14-13(11-7-3-1-4-8-11)12-9-5-2-6-10-12;8-3-2(1-13-14)4(9)6(11)7(12)5(3)10;9-8-6-7-4-2-1-3-5-7;8-7-6-4-2-1-3-5-6/h1-10,15H;1,14H;1-6,9H;8H,1-5H2. The lowest BCUT2D eigenvalue weighted by molar-refractivity contribution is 0.314. The van der Waals surface area contributed by atoms with Gasteiger partial charge < -0.3 is 20.8 Å². The van der Waals surface area contributed by atoms with E-state index in [1.54, 1.807) is 0 Å². The highest BCUT2D eigenvalue weighted by Crippen LogP contribution is 2.21. The van der Waals surface area contributed by atoms with E-state index in [4.69, 9.17) is 20.8 Å². The molecule has 5 rings (SSSR count). The summed E-state index contributed by atoms with van der Waals surface area (Å²) in [6.07, 6.45) is 7.25. The summed E-state index contributed by atoms with van der Waals surface area (Å²) in [7, 11) is 0. The van der Waals surface area contributed by atoms with Crippen molar-refractivity contribution in [2.75, 3.05) is 0 Å². The van der Waals surface area contributed by atoms with Crippen LogP contribution in [0.4, 0.5) is 22.0 Å². The number of rotatable bonds is 4. The zero-order valence-electron chi connectivity index (χ0n) is 24.3. The number of halogens is 5. The highest BCUT2D eigenvalue weighted by atomic mass is 19.2. The minimum atomic E-state index is -2.25. The summed E-state index contributed by atoms with van der Waals surface area (Å²) in [6.45, 7) is 0. The lowest BCUT2D eigenvalue weighted by Crippen LogP contribution is -2.06. The first-order chi connectivity index (χ1) is 22.3. The Balaban J connectivity index is 0.000000220. The molecule has 0 unspecified atom stereocenters. The van der Waals surface area contributed by atoms with E-state index in [0.717, 1.165) is 35.2 Å². The van der Waals surface area contributed by atoms with Crippen LogP contribution in [0.3, 0.4) is 0 Å². The third kappa shape index (κ3) is 11.5. The maximum atomic E-state index is 12.7. The molecule has 4 aromatic carbocycles. The van der Waals surface area contributed by atoms with Gasteiger partial charge in [0.15, 0.2) is 23.3 Å². The van der Waals surface area contributed by atoms with Gasteiger partial charge in [0, 0.05) is 11.1 Å². The number of hydrogen-bond acceptors (Lipinski definition) is 8. The van der Waals surface area contributed by atoms with Gasteiger partial charge in [0.1, 0.15) is 5.71 Å². The van der Waals surface area contributed by atoms with Crippen molar-refractivity contribution in [2.24, 2.45) is 20.6 Å². The third-order valence-electron chi connectivity index (χ3n) is 6.20. The van der Waals surface area contributed by atoms with Gasteiger partial charge in [-0.2, -0.15) is 0 Å². The molecule has 0 aliphatic heterocycles. The van der Waals surface area contributed by atoms with Crippen molar-refractivity contribution >= 4 is 23.9 Å². The molecule has 46 heavy (non-hydrogen) atoms. The summed E-state index contributed by atoms with van der Waals surface area (Å²) < 4.78 is 62.6. The average Bonchev–Trinajstić information content (AvgIpc) is 3.11. The normalized spacial score (nSPS) is 12.2. The second-order valence-electron chi connectivity index (χ2n) is 9.29. The second-order valence-corrected chi connectivity index (χ2v) is 9.29. The van der Waals surface area contributed by atoms with Gasteiger partial charge in [-0.05, 0) is 31.2 Å². The summed E-state index contributed by atoms with van der Waals surface area (Å²) in [5.74, 6) is -10.5. The van der Waals surface area contributed by atoms with Crippen molar-refractivity contribution in [1.82, 2.24) is 0 Å². The molecule has 0 saturated heterocycles. The van der Waals surface area contributed by atoms with Crippen LogP contribution in [0.2, 0.25) is 0 Å². The van der Waals surface area contributed by atoms with Crippen molar-refractivity contribution in [1.29, 1.82) is 0 Å². The largest absolute Gasteiger partial charge is 0.411 e. The van der Waals surface area contributed by atoms with Crippen LogP contribution in [0.25, 0.3) is 0 Å². The average molecular weight is 643 g/mol. The van der Waals surface area contributed by atoms with Crippen LogP contribution in [0.15, 0.2) is 112 Å². The van der Waals surface area contributed by atoms with E-state index in [1.807, 2.05) is 91.0 Å². The van der Waals surface area contributed by atoms with E-state index < -0.39 is 34.6 Å². The summed E-state index contributed by atoms with van der Waals surface area (Å²) in [4.78, 5) is 0. The van der Waals surface area contributed by atoms with Crippen molar-refractivity contribution < 1.29 is 42.8 Å². The fraction of sp³-hybridized carbons (Fsp3) is 0.152. The Bertz CT molecular complexity index is 1530. The predicted octanol–water partition coefficient (Wildman–Crippen LogP) is 8.38. The smallest absolute Gasteiger partial charge is 0.200 e. The van der Waals surface area contributed by atoms with Gasteiger partial charge in [-0.15, -0.1) is 0 Å². The van der Waals surface area contributed by atoms with E-state index in [0.29, 0.717) is 5.71 Å². The monoisotopic (exact) mass is 642 g/mol. The molecule has 4 N–H and O–H groups in total. The number of oxime groups is 4. The number of benzene rings is 4. The Morgan fingerprint density at radius 1 is 0.522 bits per heavy atom. The lowest BCUT2D eigenvalue weighted by Gasteiger charge is -2.08. The first-order valence-electron chi connectivity index (χ1n) is 13.7. The molecule has 0 atom stereocenters. The molecule has 0 radical (unpaired) electrons. The first kappa shape index (κ1) is 36.6. The molecule has 0 heterocycles. The van der Waals surface area contributed by atoms with E-state index in [2.05, 4.69) is 20.6 Å². The van der Waals surface area contributed by atoms with Crippen LogP contribution in [-0.4, -0.2) is 44.7 Å². The molecule has 0 aromatic heterocycles. The van der Waals surface area contributed by atoms with Crippen molar-refractivity contribution in [2.45, 2.75) is 32.1 Å². The third-order valence-corrected chi connectivity index (χ3v) is 6.20. The zero-order chi connectivity index (χ0) is 33.7. The molecule has 0 spiro atoms. The van der Waals surface area contributed by atoms with E-state index in [-0.39, 0.29) is 6.21 Å². The molecule has 1 aliphatic rings. The summed E-state index contributed by atoms with van der Waals surface area (Å²) in [5, 5.41) is 44.9. The van der Waals surface area contributed by atoms with Gasteiger partial charge in [-0.25, -0.2) is 22.0 Å². The molecule has 4 aromatic rings. The van der Waals surface area contributed by atoms with Gasteiger partial charge in [-0.3, -0.25) is 0 Å². The van der Waals surface area contributed by atoms with Crippen LogP contribution in [0.5, 0.6) is 0 Å². The van der Waals surface area contributed by atoms with Crippen LogP contribution >= 0.6 is 0 Å². The zero-order valence-corrected chi connectivity index (χ0v) is 24.3. The highest BCUT2D eigenvalue weighted by molar-refractivity contribution is 6.12. The molecule has 0 amide bonds. The van der Waals surface area contributed by atoms with Gasteiger partial charge in [0.05, 0.1) is 23.7 Å². The fourth-order valence-corrected chi connectivity index (χ4v) is 3.93.